The van der Waals surface area contributed by atoms with E-state index >= 15 is 0 Å². The Bertz CT molecular complexity index is 800. The highest BCUT2D eigenvalue weighted by atomic mass is 127. The van der Waals surface area contributed by atoms with Crippen molar-refractivity contribution in [3.63, 3.8) is 0 Å². The molecule has 0 aliphatic carbocycles. The van der Waals surface area contributed by atoms with Crippen molar-refractivity contribution in [2.24, 2.45) is 10.7 Å². The van der Waals surface area contributed by atoms with E-state index in [2.05, 4.69) is 15.6 Å². The second kappa shape index (κ2) is 12.3. The van der Waals surface area contributed by atoms with Gasteiger partial charge in [-0.3, -0.25) is 9.79 Å². The predicted octanol–water partition coefficient (Wildman–Crippen LogP) is 4.12. The zero-order chi connectivity index (χ0) is 19.6. The van der Waals surface area contributed by atoms with E-state index in [1.54, 1.807) is 50.6 Å². The van der Waals surface area contributed by atoms with E-state index in [0.29, 0.717) is 41.6 Å². The Morgan fingerprint density at radius 1 is 1.04 bits per heavy atom. The average Bonchev–Trinajstić information content (AvgIpc) is 2.67. The molecule has 0 spiro atoms. The Kier molecular flexibility index (Phi) is 10.5. The molecule has 0 atom stereocenters. The summed E-state index contributed by atoms with van der Waals surface area (Å²) in [5.41, 5.74) is 7.32. The third-order valence-corrected chi connectivity index (χ3v) is 3.88. The lowest BCUT2D eigenvalue weighted by atomic mass is 10.2. The molecule has 0 radical (unpaired) electrons. The van der Waals surface area contributed by atoms with Crippen LogP contribution in [-0.2, 0) is 4.79 Å². The van der Waals surface area contributed by atoms with Crippen LogP contribution in [0.1, 0.15) is 12.8 Å². The van der Waals surface area contributed by atoms with Crippen LogP contribution < -0.4 is 25.8 Å². The smallest absolute Gasteiger partial charge is 0.224 e. The molecule has 0 unspecified atom stereocenters. The first-order chi connectivity index (χ1) is 13.0. The van der Waals surface area contributed by atoms with Crippen molar-refractivity contribution in [1.29, 1.82) is 0 Å². The van der Waals surface area contributed by atoms with Crippen LogP contribution in [0.15, 0.2) is 47.5 Å². The summed E-state index contributed by atoms with van der Waals surface area (Å²) in [6.07, 6.45) is 0.920. The first kappa shape index (κ1) is 23.8. The van der Waals surface area contributed by atoms with E-state index in [-0.39, 0.29) is 35.8 Å². The van der Waals surface area contributed by atoms with Gasteiger partial charge < -0.3 is 25.8 Å². The maximum atomic E-state index is 11.9. The Morgan fingerprint density at radius 2 is 1.68 bits per heavy atom. The summed E-state index contributed by atoms with van der Waals surface area (Å²) >= 11 is 5.81. The third kappa shape index (κ3) is 7.81. The van der Waals surface area contributed by atoms with Gasteiger partial charge in [0.2, 0.25) is 5.91 Å². The number of guanidine groups is 1. The molecule has 2 rings (SSSR count). The minimum Gasteiger partial charge on any atom is -0.493 e. The van der Waals surface area contributed by atoms with E-state index < -0.39 is 0 Å². The number of nitrogens with two attached hydrogens (primary N) is 1. The Labute approximate surface area is 186 Å². The number of nitrogens with zero attached hydrogens (tertiary/aromatic N) is 1. The SMILES string of the molecule is COc1ccc(NC(N)=NCCCC(=O)Nc2ccc(Cl)cc2)cc1OC.I. The van der Waals surface area contributed by atoms with Gasteiger partial charge in [0, 0.05) is 35.4 Å². The molecule has 28 heavy (non-hydrogen) atoms. The van der Waals surface area contributed by atoms with Crippen molar-refractivity contribution in [2.45, 2.75) is 12.8 Å². The molecule has 2 aromatic rings. The topological polar surface area (TPSA) is 98.0 Å². The van der Waals surface area contributed by atoms with E-state index in [1.165, 1.54) is 0 Å². The quantitative estimate of drug-likeness (QED) is 0.211. The van der Waals surface area contributed by atoms with Crippen LogP contribution in [0.3, 0.4) is 0 Å². The fourth-order valence-electron chi connectivity index (χ4n) is 2.30. The predicted molar refractivity (Wildman–Crippen MR) is 124 cm³/mol. The van der Waals surface area contributed by atoms with Gasteiger partial charge in [0.05, 0.1) is 14.2 Å². The number of rotatable bonds is 8. The van der Waals surface area contributed by atoms with Gasteiger partial charge in [-0.1, -0.05) is 11.6 Å². The summed E-state index contributed by atoms with van der Waals surface area (Å²) in [7, 11) is 3.14. The number of amides is 1. The van der Waals surface area contributed by atoms with E-state index in [9.17, 15) is 4.79 Å². The first-order valence-electron chi connectivity index (χ1n) is 8.36. The summed E-state index contributed by atoms with van der Waals surface area (Å²) in [5.74, 6) is 1.40. The van der Waals surface area contributed by atoms with Crippen LogP contribution in [-0.4, -0.2) is 32.6 Å². The number of nitrogens with one attached hydrogen (secondary N) is 2. The van der Waals surface area contributed by atoms with Crippen molar-refractivity contribution in [3.05, 3.63) is 47.5 Å². The Morgan fingerprint density at radius 3 is 2.32 bits per heavy atom. The summed E-state index contributed by atoms with van der Waals surface area (Å²) in [6.45, 7) is 0.431. The fraction of sp³-hybridized carbons (Fsp3) is 0.263. The van der Waals surface area contributed by atoms with Gasteiger partial charge in [-0.15, -0.1) is 24.0 Å². The number of hydrogen-bond acceptors (Lipinski definition) is 4. The Balaban J connectivity index is 0.00000392. The van der Waals surface area contributed by atoms with Gasteiger partial charge in [-0.05, 0) is 42.8 Å². The number of carbonyl (C=O) groups excluding carboxylic acids is 1. The lowest BCUT2D eigenvalue weighted by Gasteiger charge is -2.11. The van der Waals surface area contributed by atoms with Crippen molar-refractivity contribution >= 4 is 58.8 Å². The number of aliphatic imine (C=N–C) groups is 1. The molecule has 7 nitrogen and oxygen atoms in total. The molecule has 152 valence electrons. The fourth-order valence-corrected chi connectivity index (χ4v) is 2.42. The minimum absolute atomic E-state index is 0. The molecule has 0 fully saturated rings. The largest absolute Gasteiger partial charge is 0.493 e. The number of benzene rings is 2. The van der Waals surface area contributed by atoms with Crippen molar-refractivity contribution < 1.29 is 14.3 Å². The van der Waals surface area contributed by atoms with Crippen molar-refractivity contribution in [1.82, 2.24) is 0 Å². The van der Waals surface area contributed by atoms with Gasteiger partial charge in [0.25, 0.3) is 0 Å². The number of ether oxygens (including phenoxy) is 2. The zero-order valence-electron chi connectivity index (χ0n) is 15.7. The van der Waals surface area contributed by atoms with Crippen LogP contribution >= 0.6 is 35.6 Å². The number of methoxy groups -OCH3 is 2. The average molecular weight is 519 g/mol. The van der Waals surface area contributed by atoms with E-state index in [0.717, 1.165) is 5.69 Å². The molecule has 0 saturated heterocycles. The van der Waals surface area contributed by atoms with Gasteiger partial charge in [-0.2, -0.15) is 0 Å². The highest BCUT2D eigenvalue weighted by Gasteiger charge is 2.05. The van der Waals surface area contributed by atoms with Gasteiger partial charge in [0.1, 0.15) is 0 Å². The highest BCUT2D eigenvalue weighted by Crippen LogP contribution is 2.29. The maximum Gasteiger partial charge on any atom is 0.224 e. The molecular weight excluding hydrogens is 495 g/mol. The van der Waals surface area contributed by atoms with E-state index in [4.69, 9.17) is 26.8 Å². The molecule has 2 aromatic carbocycles. The number of anilines is 2. The Hall–Kier alpha value is -2.20. The molecule has 0 aliphatic heterocycles. The number of carbonyl (C=O) groups is 1. The number of hydrogen-bond donors (Lipinski definition) is 3. The van der Waals surface area contributed by atoms with Gasteiger partial charge in [-0.25, -0.2) is 0 Å². The summed E-state index contributed by atoms with van der Waals surface area (Å²) < 4.78 is 10.4. The normalized spacial score (nSPS) is 10.6. The summed E-state index contributed by atoms with van der Waals surface area (Å²) in [4.78, 5) is 16.1. The van der Waals surface area contributed by atoms with Crippen LogP contribution in [0.2, 0.25) is 5.02 Å². The molecule has 0 bridgehead atoms. The molecule has 0 aromatic heterocycles. The molecule has 0 heterocycles. The van der Waals surface area contributed by atoms with Crippen molar-refractivity contribution in [2.75, 3.05) is 31.4 Å². The first-order valence-corrected chi connectivity index (χ1v) is 8.74. The van der Waals surface area contributed by atoms with Crippen LogP contribution in [0.4, 0.5) is 11.4 Å². The van der Waals surface area contributed by atoms with Crippen LogP contribution in [0, 0.1) is 0 Å². The second-order valence-electron chi connectivity index (χ2n) is 5.62. The van der Waals surface area contributed by atoms with Crippen LogP contribution in [0.25, 0.3) is 0 Å². The third-order valence-electron chi connectivity index (χ3n) is 3.63. The molecule has 0 saturated carbocycles. The minimum atomic E-state index is -0.0843. The standard InChI is InChI=1S/C19H23ClN4O3.HI/c1-26-16-10-9-15(12-17(16)27-2)24-19(21)22-11-3-4-18(25)23-14-7-5-13(20)6-8-14;/h5-10,12H,3-4,11H2,1-2H3,(H,23,25)(H3,21,22,24);1H. The van der Waals surface area contributed by atoms with E-state index in [1.807, 2.05) is 6.07 Å². The van der Waals surface area contributed by atoms with Crippen LogP contribution in [0.5, 0.6) is 11.5 Å². The van der Waals surface area contributed by atoms with Gasteiger partial charge in [0.15, 0.2) is 17.5 Å². The lowest BCUT2D eigenvalue weighted by molar-refractivity contribution is -0.116. The molecular formula is C19H24ClIN4O3. The molecule has 9 heteroatoms. The highest BCUT2D eigenvalue weighted by molar-refractivity contribution is 14.0. The van der Waals surface area contributed by atoms with Crippen molar-refractivity contribution in [3.8, 4) is 11.5 Å². The maximum absolute atomic E-state index is 11.9. The number of halogens is 2. The molecule has 0 aliphatic rings. The summed E-state index contributed by atoms with van der Waals surface area (Å²) in [6, 6.07) is 12.3. The zero-order valence-corrected chi connectivity index (χ0v) is 18.8. The molecule has 4 N–H and O–H groups in total. The second-order valence-corrected chi connectivity index (χ2v) is 6.06. The van der Waals surface area contributed by atoms with Gasteiger partial charge >= 0.3 is 0 Å². The monoisotopic (exact) mass is 518 g/mol. The lowest BCUT2D eigenvalue weighted by Crippen LogP contribution is -2.23. The molecule has 1 amide bonds. The summed E-state index contributed by atoms with van der Waals surface area (Å²) in [5, 5.41) is 6.41.